The maximum absolute atomic E-state index is 12.9. The molecule has 168 valence electrons. The number of nitrogens with one attached hydrogen (secondary N) is 1. The summed E-state index contributed by atoms with van der Waals surface area (Å²) in [5.74, 6) is -0.630. The van der Waals surface area contributed by atoms with E-state index in [0.717, 1.165) is 42.9 Å². The van der Waals surface area contributed by atoms with Gasteiger partial charge in [0.25, 0.3) is 5.91 Å². The van der Waals surface area contributed by atoms with Crippen molar-refractivity contribution < 1.29 is 14.4 Å². The fourth-order valence-electron chi connectivity index (χ4n) is 4.40. The van der Waals surface area contributed by atoms with Gasteiger partial charge in [0.1, 0.15) is 12.6 Å². The van der Waals surface area contributed by atoms with Crippen molar-refractivity contribution in [2.75, 3.05) is 24.5 Å². The molecule has 0 bridgehead atoms. The molecule has 0 radical (unpaired) electrons. The van der Waals surface area contributed by atoms with E-state index < -0.39 is 12.1 Å². The number of imide groups is 1. The summed E-state index contributed by atoms with van der Waals surface area (Å²) in [6.45, 7) is 6.13. The fourth-order valence-corrected chi connectivity index (χ4v) is 4.40. The smallest absolute Gasteiger partial charge is 0.332 e. The highest BCUT2D eigenvalue weighted by atomic mass is 16.2. The zero-order valence-electron chi connectivity index (χ0n) is 18.7. The van der Waals surface area contributed by atoms with Gasteiger partial charge >= 0.3 is 6.03 Å². The van der Waals surface area contributed by atoms with Crippen molar-refractivity contribution >= 4 is 23.5 Å². The molecule has 0 aliphatic carbocycles. The number of carbonyl (C=O) groups is 3. The van der Waals surface area contributed by atoms with Crippen LogP contribution in [0.1, 0.15) is 30.9 Å². The molecule has 2 aliphatic rings. The van der Waals surface area contributed by atoms with Gasteiger partial charge in [-0.25, -0.2) is 4.79 Å². The van der Waals surface area contributed by atoms with Crippen LogP contribution < -0.4 is 10.2 Å². The number of anilines is 1. The summed E-state index contributed by atoms with van der Waals surface area (Å²) < 4.78 is 0. The van der Waals surface area contributed by atoms with Gasteiger partial charge in [-0.1, -0.05) is 48.0 Å². The van der Waals surface area contributed by atoms with Crippen LogP contribution in [0.2, 0.25) is 0 Å². The zero-order valence-corrected chi connectivity index (χ0v) is 18.7. The number of benzene rings is 2. The monoisotopic (exact) mass is 434 g/mol. The Labute approximate surface area is 189 Å². The third-order valence-electron chi connectivity index (χ3n) is 6.26. The highest BCUT2D eigenvalue weighted by molar-refractivity contribution is 6.15. The Morgan fingerprint density at radius 2 is 1.66 bits per heavy atom. The van der Waals surface area contributed by atoms with Crippen LogP contribution in [0.25, 0.3) is 0 Å². The van der Waals surface area contributed by atoms with E-state index in [1.165, 1.54) is 10.5 Å². The van der Waals surface area contributed by atoms with Crippen LogP contribution in [0, 0.1) is 6.92 Å². The van der Waals surface area contributed by atoms with Crippen LogP contribution >= 0.6 is 0 Å². The van der Waals surface area contributed by atoms with E-state index in [1.807, 2.05) is 49.4 Å². The quantitative estimate of drug-likeness (QED) is 0.710. The molecule has 0 spiro atoms. The van der Waals surface area contributed by atoms with Gasteiger partial charge in [0.2, 0.25) is 5.91 Å². The van der Waals surface area contributed by atoms with Crippen LogP contribution in [0.4, 0.5) is 10.5 Å². The van der Waals surface area contributed by atoms with E-state index in [4.69, 9.17) is 0 Å². The highest BCUT2D eigenvalue weighted by Gasteiger charge is 2.44. The summed E-state index contributed by atoms with van der Waals surface area (Å²) in [4.78, 5) is 43.1. The first-order chi connectivity index (χ1) is 15.4. The van der Waals surface area contributed by atoms with Gasteiger partial charge in [-0.05, 0) is 44.4 Å². The minimum absolute atomic E-state index is 0.0629. The van der Waals surface area contributed by atoms with Crippen molar-refractivity contribution in [1.29, 1.82) is 0 Å². The second-order valence-electron chi connectivity index (χ2n) is 8.69. The van der Waals surface area contributed by atoms with Crippen molar-refractivity contribution in [2.45, 2.75) is 45.3 Å². The van der Waals surface area contributed by atoms with Crippen molar-refractivity contribution in [1.82, 2.24) is 15.1 Å². The maximum Gasteiger partial charge on any atom is 0.332 e. The molecule has 2 heterocycles. The lowest BCUT2D eigenvalue weighted by molar-refractivity contribution is -0.132. The molecule has 0 unspecified atom stereocenters. The summed E-state index contributed by atoms with van der Waals surface area (Å²) >= 11 is 0. The minimum Gasteiger partial charge on any atom is -0.352 e. The topological polar surface area (TPSA) is 73.0 Å². The fraction of sp³-hybridized carbons (Fsp3) is 0.400. The standard InChI is InChI=1S/C25H30N4O3/c1-18-8-10-22(11-9-18)29-19(2)24(31)28(25(29)32)17-23(30)26-21-12-14-27(15-13-21)16-20-6-4-3-5-7-20/h3-11,19,21H,12-17H2,1-2H3,(H,26,30)/t19-/m1/s1. The number of hydrogen-bond donors (Lipinski definition) is 1. The molecule has 7 nitrogen and oxygen atoms in total. The van der Waals surface area contributed by atoms with E-state index in [9.17, 15) is 14.4 Å². The van der Waals surface area contributed by atoms with Gasteiger partial charge in [0.15, 0.2) is 0 Å². The predicted molar refractivity (Wildman–Crippen MR) is 123 cm³/mol. The van der Waals surface area contributed by atoms with Crippen LogP contribution in [-0.4, -0.2) is 59.4 Å². The lowest BCUT2D eigenvalue weighted by Crippen LogP contribution is -2.48. The molecule has 0 aromatic heterocycles. The van der Waals surface area contributed by atoms with Crippen molar-refractivity contribution in [2.24, 2.45) is 0 Å². The molecule has 0 saturated carbocycles. The lowest BCUT2D eigenvalue weighted by Gasteiger charge is -2.32. The predicted octanol–water partition coefficient (Wildman–Crippen LogP) is 2.93. The molecule has 2 saturated heterocycles. The Hall–Kier alpha value is -3.19. The Kier molecular flexibility index (Phi) is 6.55. The van der Waals surface area contributed by atoms with Gasteiger partial charge in [-0.2, -0.15) is 0 Å². The zero-order chi connectivity index (χ0) is 22.7. The number of urea groups is 1. The first kappa shape index (κ1) is 22.0. The SMILES string of the molecule is Cc1ccc(N2C(=O)N(CC(=O)NC3CCN(Cc4ccccc4)CC3)C(=O)[C@H]2C)cc1. The molecular formula is C25H30N4O3. The molecule has 2 fully saturated rings. The van der Waals surface area contributed by atoms with Gasteiger partial charge < -0.3 is 5.32 Å². The van der Waals surface area contributed by atoms with Gasteiger partial charge in [-0.15, -0.1) is 0 Å². The molecule has 1 atom stereocenters. The third kappa shape index (κ3) is 4.83. The third-order valence-corrected chi connectivity index (χ3v) is 6.26. The molecule has 2 aliphatic heterocycles. The average Bonchev–Trinajstić information content (AvgIpc) is 3.00. The second-order valence-corrected chi connectivity index (χ2v) is 8.69. The van der Waals surface area contributed by atoms with E-state index >= 15 is 0 Å². The Bertz CT molecular complexity index is 968. The van der Waals surface area contributed by atoms with Crippen LogP contribution in [0.5, 0.6) is 0 Å². The van der Waals surface area contributed by atoms with Crippen LogP contribution in [0.3, 0.4) is 0 Å². The number of carbonyl (C=O) groups excluding carboxylic acids is 3. The molecule has 2 aromatic rings. The Morgan fingerprint density at radius 1 is 1.00 bits per heavy atom. The number of aryl methyl sites for hydroxylation is 1. The summed E-state index contributed by atoms with van der Waals surface area (Å²) in [5.41, 5.74) is 3.02. The average molecular weight is 435 g/mol. The summed E-state index contributed by atoms with van der Waals surface area (Å²) in [6.07, 6.45) is 1.71. The van der Waals surface area contributed by atoms with Crippen molar-refractivity contribution in [3.05, 3.63) is 65.7 Å². The molecule has 2 aromatic carbocycles. The van der Waals surface area contributed by atoms with Crippen molar-refractivity contribution in [3.8, 4) is 0 Å². The summed E-state index contributed by atoms with van der Waals surface area (Å²) in [5, 5.41) is 3.02. The number of rotatable bonds is 6. The maximum atomic E-state index is 12.9. The normalized spacial score (nSPS) is 20.1. The van der Waals surface area contributed by atoms with Gasteiger partial charge in [0.05, 0.1) is 0 Å². The van der Waals surface area contributed by atoms with Gasteiger partial charge in [0, 0.05) is 31.4 Å². The number of likely N-dealkylation sites (tertiary alicyclic amines) is 1. The molecular weight excluding hydrogens is 404 g/mol. The van der Waals surface area contributed by atoms with E-state index in [-0.39, 0.29) is 24.4 Å². The summed E-state index contributed by atoms with van der Waals surface area (Å²) in [6, 6.07) is 16.8. The van der Waals surface area contributed by atoms with E-state index in [0.29, 0.717) is 5.69 Å². The first-order valence-corrected chi connectivity index (χ1v) is 11.2. The highest BCUT2D eigenvalue weighted by Crippen LogP contribution is 2.26. The Balaban J connectivity index is 1.29. The molecule has 1 N–H and O–H groups in total. The molecule has 7 heteroatoms. The lowest BCUT2D eigenvalue weighted by atomic mass is 10.0. The molecule has 4 rings (SSSR count). The number of amides is 4. The van der Waals surface area contributed by atoms with Gasteiger partial charge in [-0.3, -0.25) is 24.3 Å². The largest absolute Gasteiger partial charge is 0.352 e. The number of nitrogens with zero attached hydrogens (tertiary/aromatic N) is 3. The molecule has 32 heavy (non-hydrogen) atoms. The van der Waals surface area contributed by atoms with E-state index in [2.05, 4.69) is 22.3 Å². The number of piperidine rings is 1. The van der Waals surface area contributed by atoms with E-state index in [1.54, 1.807) is 6.92 Å². The Morgan fingerprint density at radius 3 is 2.31 bits per heavy atom. The number of hydrogen-bond acceptors (Lipinski definition) is 4. The van der Waals surface area contributed by atoms with Crippen molar-refractivity contribution in [3.63, 3.8) is 0 Å². The summed E-state index contributed by atoms with van der Waals surface area (Å²) in [7, 11) is 0. The second kappa shape index (κ2) is 9.53. The minimum atomic E-state index is -0.626. The molecule has 4 amide bonds. The first-order valence-electron chi connectivity index (χ1n) is 11.2. The van der Waals surface area contributed by atoms with Crippen LogP contribution in [-0.2, 0) is 16.1 Å². The van der Waals surface area contributed by atoms with Crippen LogP contribution in [0.15, 0.2) is 54.6 Å².